The fourth-order valence-corrected chi connectivity index (χ4v) is 2.49. The fourth-order valence-electron chi connectivity index (χ4n) is 2.49. The first-order chi connectivity index (χ1) is 9.29. The highest BCUT2D eigenvalue weighted by Gasteiger charge is 2.18. The Kier molecular flexibility index (Phi) is 3.42. The van der Waals surface area contributed by atoms with E-state index < -0.39 is 0 Å². The van der Waals surface area contributed by atoms with Gasteiger partial charge < -0.3 is 14.6 Å². The van der Waals surface area contributed by atoms with E-state index in [-0.39, 0.29) is 0 Å². The molecule has 0 radical (unpaired) electrons. The number of fused-ring (bicyclic) bond motifs is 1. The third-order valence-corrected chi connectivity index (χ3v) is 3.90. The van der Waals surface area contributed by atoms with Gasteiger partial charge >= 0.3 is 0 Å². The normalized spacial score (nSPS) is 17.9. The van der Waals surface area contributed by atoms with Crippen molar-refractivity contribution >= 4 is 16.8 Å². The van der Waals surface area contributed by atoms with Gasteiger partial charge in [-0.2, -0.15) is 0 Å². The number of anilines is 1. The molecule has 3 rings (SSSR count). The van der Waals surface area contributed by atoms with Crippen LogP contribution in [0.1, 0.15) is 32.1 Å². The van der Waals surface area contributed by atoms with Crippen molar-refractivity contribution in [1.82, 2.24) is 10.3 Å². The average molecular weight is 259 g/mol. The van der Waals surface area contributed by atoms with Crippen molar-refractivity contribution in [2.24, 2.45) is 0 Å². The predicted octanol–water partition coefficient (Wildman–Crippen LogP) is 2.75. The van der Waals surface area contributed by atoms with Crippen LogP contribution < -0.4 is 10.2 Å². The Morgan fingerprint density at radius 2 is 2.16 bits per heavy atom. The Morgan fingerprint density at radius 1 is 1.37 bits per heavy atom. The van der Waals surface area contributed by atoms with Crippen molar-refractivity contribution in [2.75, 3.05) is 31.1 Å². The predicted molar refractivity (Wildman–Crippen MR) is 77.8 cm³/mol. The summed E-state index contributed by atoms with van der Waals surface area (Å²) in [5, 5.41) is 3.38. The van der Waals surface area contributed by atoms with Crippen LogP contribution in [0, 0.1) is 0 Å². The molecule has 0 amide bonds. The standard InChI is InChI=1S/C15H21N3O/c1-3-11(2)15-17-12-5-4-6-13(14(12)19-15)18-9-7-16-8-10-18/h4-6,11,16H,3,7-10H2,1-2H3. The van der Waals surface area contributed by atoms with Gasteiger partial charge in [0.05, 0.1) is 5.69 Å². The number of oxazole rings is 1. The van der Waals surface area contributed by atoms with Crippen LogP contribution in [0.3, 0.4) is 0 Å². The molecule has 2 aromatic rings. The largest absolute Gasteiger partial charge is 0.438 e. The van der Waals surface area contributed by atoms with Crippen LogP contribution in [0.4, 0.5) is 5.69 Å². The molecule has 1 atom stereocenters. The average Bonchev–Trinajstić information content (AvgIpc) is 2.91. The summed E-state index contributed by atoms with van der Waals surface area (Å²) in [5.74, 6) is 1.24. The zero-order valence-electron chi connectivity index (χ0n) is 11.6. The zero-order valence-corrected chi connectivity index (χ0v) is 11.6. The molecule has 1 N–H and O–H groups in total. The van der Waals surface area contributed by atoms with Crippen molar-refractivity contribution in [3.63, 3.8) is 0 Å². The summed E-state index contributed by atoms with van der Waals surface area (Å²) >= 11 is 0. The number of nitrogens with one attached hydrogen (secondary N) is 1. The van der Waals surface area contributed by atoms with Gasteiger partial charge in [-0.1, -0.05) is 19.9 Å². The highest BCUT2D eigenvalue weighted by Crippen LogP contribution is 2.30. The molecule has 1 aliphatic heterocycles. The molecular formula is C15H21N3O. The van der Waals surface area contributed by atoms with E-state index in [4.69, 9.17) is 4.42 Å². The van der Waals surface area contributed by atoms with Crippen molar-refractivity contribution in [3.8, 4) is 0 Å². The Hall–Kier alpha value is -1.55. The van der Waals surface area contributed by atoms with Gasteiger partial charge in [0.1, 0.15) is 5.52 Å². The van der Waals surface area contributed by atoms with Gasteiger partial charge in [0.2, 0.25) is 0 Å². The molecule has 102 valence electrons. The van der Waals surface area contributed by atoms with E-state index in [1.54, 1.807) is 0 Å². The van der Waals surface area contributed by atoms with Gasteiger partial charge in [0.25, 0.3) is 0 Å². The second-order valence-corrected chi connectivity index (χ2v) is 5.22. The zero-order chi connectivity index (χ0) is 13.2. The SMILES string of the molecule is CCC(C)c1nc2cccc(N3CCNCC3)c2o1. The lowest BCUT2D eigenvalue weighted by molar-refractivity contribution is 0.478. The summed E-state index contributed by atoms with van der Waals surface area (Å²) in [5.41, 5.74) is 3.10. The molecule has 1 saturated heterocycles. The van der Waals surface area contributed by atoms with Crippen molar-refractivity contribution < 1.29 is 4.42 Å². The monoisotopic (exact) mass is 259 g/mol. The highest BCUT2D eigenvalue weighted by atomic mass is 16.3. The van der Waals surface area contributed by atoms with Crippen LogP contribution in [0.2, 0.25) is 0 Å². The van der Waals surface area contributed by atoms with E-state index in [9.17, 15) is 0 Å². The maximum atomic E-state index is 6.03. The first-order valence-electron chi connectivity index (χ1n) is 7.14. The topological polar surface area (TPSA) is 41.3 Å². The van der Waals surface area contributed by atoms with Crippen LogP contribution in [0.5, 0.6) is 0 Å². The van der Waals surface area contributed by atoms with E-state index in [2.05, 4.69) is 41.2 Å². The molecule has 0 spiro atoms. The van der Waals surface area contributed by atoms with Crippen LogP contribution in [-0.4, -0.2) is 31.2 Å². The lowest BCUT2D eigenvalue weighted by atomic mass is 10.1. The second kappa shape index (κ2) is 5.21. The van der Waals surface area contributed by atoms with Crippen LogP contribution in [0.15, 0.2) is 22.6 Å². The third-order valence-electron chi connectivity index (χ3n) is 3.90. The molecule has 1 fully saturated rings. The molecule has 0 bridgehead atoms. The summed E-state index contributed by atoms with van der Waals surface area (Å²) in [4.78, 5) is 7.01. The number of hydrogen-bond donors (Lipinski definition) is 1. The minimum absolute atomic E-state index is 0.378. The first kappa shape index (κ1) is 12.5. The Bertz CT molecular complexity index is 558. The lowest BCUT2D eigenvalue weighted by Crippen LogP contribution is -2.43. The molecule has 1 aromatic heterocycles. The van der Waals surface area contributed by atoms with Gasteiger partial charge in [-0.25, -0.2) is 4.98 Å². The summed E-state index contributed by atoms with van der Waals surface area (Å²) in [7, 11) is 0. The van der Waals surface area contributed by atoms with E-state index in [0.717, 1.165) is 49.6 Å². The van der Waals surface area contributed by atoms with Crippen molar-refractivity contribution in [2.45, 2.75) is 26.2 Å². The van der Waals surface area contributed by atoms with Gasteiger partial charge in [-0.3, -0.25) is 0 Å². The van der Waals surface area contributed by atoms with Gasteiger partial charge in [0, 0.05) is 32.1 Å². The molecule has 0 aliphatic carbocycles. The van der Waals surface area contributed by atoms with Gasteiger partial charge in [-0.05, 0) is 18.6 Å². The van der Waals surface area contributed by atoms with E-state index in [0.29, 0.717) is 5.92 Å². The Labute approximate surface area is 113 Å². The minimum atomic E-state index is 0.378. The van der Waals surface area contributed by atoms with Crippen LogP contribution in [-0.2, 0) is 0 Å². The lowest BCUT2D eigenvalue weighted by Gasteiger charge is -2.29. The van der Waals surface area contributed by atoms with Crippen molar-refractivity contribution in [1.29, 1.82) is 0 Å². The summed E-state index contributed by atoms with van der Waals surface area (Å²) in [6.07, 6.45) is 1.05. The molecule has 4 heteroatoms. The van der Waals surface area contributed by atoms with E-state index in [1.165, 1.54) is 5.69 Å². The number of piperazine rings is 1. The number of rotatable bonds is 3. The molecule has 1 aliphatic rings. The maximum absolute atomic E-state index is 6.03. The molecular weight excluding hydrogens is 238 g/mol. The Balaban J connectivity index is 2.01. The summed E-state index contributed by atoms with van der Waals surface area (Å²) in [6, 6.07) is 6.25. The minimum Gasteiger partial charge on any atom is -0.438 e. The van der Waals surface area contributed by atoms with Crippen LogP contribution in [0.25, 0.3) is 11.1 Å². The molecule has 2 heterocycles. The highest BCUT2D eigenvalue weighted by molar-refractivity contribution is 5.87. The second-order valence-electron chi connectivity index (χ2n) is 5.22. The van der Waals surface area contributed by atoms with Crippen LogP contribution >= 0.6 is 0 Å². The summed E-state index contributed by atoms with van der Waals surface area (Å²) in [6.45, 7) is 8.44. The van der Waals surface area contributed by atoms with Crippen molar-refractivity contribution in [3.05, 3.63) is 24.1 Å². The first-order valence-corrected chi connectivity index (χ1v) is 7.14. The number of para-hydroxylation sites is 1. The molecule has 0 saturated carbocycles. The third kappa shape index (κ3) is 2.32. The molecule has 1 aromatic carbocycles. The smallest absolute Gasteiger partial charge is 0.198 e. The summed E-state index contributed by atoms with van der Waals surface area (Å²) < 4.78 is 6.03. The molecule has 1 unspecified atom stereocenters. The van der Waals surface area contributed by atoms with Gasteiger partial charge in [-0.15, -0.1) is 0 Å². The quantitative estimate of drug-likeness (QED) is 0.920. The number of benzene rings is 1. The number of aromatic nitrogens is 1. The number of hydrogen-bond acceptors (Lipinski definition) is 4. The molecule has 19 heavy (non-hydrogen) atoms. The van der Waals surface area contributed by atoms with Gasteiger partial charge in [0.15, 0.2) is 11.5 Å². The fraction of sp³-hybridized carbons (Fsp3) is 0.533. The Morgan fingerprint density at radius 3 is 2.89 bits per heavy atom. The maximum Gasteiger partial charge on any atom is 0.198 e. The number of nitrogens with zero attached hydrogens (tertiary/aromatic N) is 2. The van der Waals surface area contributed by atoms with E-state index in [1.807, 2.05) is 6.07 Å². The molecule has 4 nitrogen and oxygen atoms in total. The van der Waals surface area contributed by atoms with E-state index >= 15 is 0 Å².